The summed E-state index contributed by atoms with van der Waals surface area (Å²) < 4.78 is 32.7. The van der Waals surface area contributed by atoms with E-state index in [4.69, 9.17) is 10.2 Å². The standard InChI is InChI=1S/C12H12Br2N2O3S/c1-16(7-9-3-5-12(14)19-9)20(17,18)11-6-8(13)2-4-10(11)15/h2-6H,7,15H2,1H3. The molecule has 2 rings (SSSR count). The molecule has 20 heavy (non-hydrogen) atoms. The molecule has 0 aliphatic heterocycles. The molecule has 0 saturated carbocycles. The van der Waals surface area contributed by atoms with Gasteiger partial charge in [-0.15, -0.1) is 0 Å². The number of nitrogens with two attached hydrogens (primary N) is 1. The molecule has 0 bridgehead atoms. The molecule has 0 unspecified atom stereocenters. The smallest absolute Gasteiger partial charge is 0.245 e. The van der Waals surface area contributed by atoms with Crippen molar-refractivity contribution in [2.45, 2.75) is 11.4 Å². The van der Waals surface area contributed by atoms with E-state index >= 15 is 0 Å². The minimum absolute atomic E-state index is 0.0694. The molecular weight excluding hydrogens is 412 g/mol. The lowest BCUT2D eigenvalue weighted by atomic mass is 10.3. The van der Waals surface area contributed by atoms with Gasteiger partial charge >= 0.3 is 0 Å². The lowest BCUT2D eigenvalue weighted by molar-refractivity contribution is 0.399. The fourth-order valence-electron chi connectivity index (χ4n) is 1.64. The number of halogens is 2. The fraction of sp³-hybridized carbons (Fsp3) is 0.167. The number of benzene rings is 1. The Balaban J connectivity index is 2.32. The second kappa shape index (κ2) is 5.88. The molecule has 0 fully saturated rings. The normalized spacial score (nSPS) is 12.0. The van der Waals surface area contributed by atoms with E-state index in [9.17, 15) is 8.42 Å². The van der Waals surface area contributed by atoms with Crippen LogP contribution in [0.4, 0.5) is 5.69 Å². The Morgan fingerprint density at radius 2 is 1.95 bits per heavy atom. The summed E-state index contributed by atoms with van der Waals surface area (Å²) in [7, 11) is -2.20. The molecular formula is C12H12Br2N2O3S. The Kier molecular flexibility index (Phi) is 4.58. The summed E-state index contributed by atoms with van der Waals surface area (Å²) in [5.74, 6) is 0.538. The molecule has 8 heteroatoms. The minimum atomic E-state index is -3.68. The van der Waals surface area contributed by atoms with Gasteiger partial charge < -0.3 is 10.2 Å². The quantitative estimate of drug-likeness (QED) is 0.766. The summed E-state index contributed by atoms with van der Waals surface area (Å²) in [6, 6.07) is 8.15. The zero-order valence-electron chi connectivity index (χ0n) is 10.5. The van der Waals surface area contributed by atoms with Crippen LogP contribution in [0.25, 0.3) is 0 Å². The molecule has 1 heterocycles. The third-order valence-electron chi connectivity index (χ3n) is 2.67. The van der Waals surface area contributed by atoms with Crippen LogP contribution < -0.4 is 5.73 Å². The lowest BCUT2D eigenvalue weighted by Gasteiger charge is -2.17. The van der Waals surface area contributed by atoms with Crippen LogP contribution in [0.2, 0.25) is 0 Å². The van der Waals surface area contributed by atoms with Gasteiger partial charge in [0.05, 0.1) is 12.2 Å². The number of nitrogen functional groups attached to an aromatic ring is 1. The molecule has 0 saturated heterocycles. The first kappa shape index (κ1) is 15.6. The number of furan rings is 1. The first-order chi connectivity index (χ1) is 9.30. The largest absolute Gasteiger partial charge is 0.453 e. The molecule has 0 aliphatic rings. The summed E-state index contributed by atoms with van der Waals surface area (Å²) in [4.78, 5) is 0.0694. The first-order valence-corrected chi connectivity index (χ1v) is 8.59. The van der Waals surface area contributed by atoms with Crippen molar-refractivity contribution in [1.29, 1.82) is 0 Å². The number of hydrogen-bond acceptors (Lipinski definition) is 4. The van der Waals surface area contributed by atoms with Crippen molar-refractivity contribution in [3.8, 4) is 0 Å². The van der Waals surface area contributed by atoms with Crippen molar-refractivity contribution in [3.63, 3.8) is 0 Å². The van der Waals surface area contributed by atoms with E-state index in [1.807, 2.05) is 0 Å². The van der Waals surface area contributed by atoms with Gasteiger partial charge in [0.15, 0.2) is 4.67 Å². The van der Waals surface area contributed by atoms with E-state index in [0.717, 1.165) is 0 Å². The van der Waals surface area contributed by atoms with Crippen molar-refractivity contribution < 1.29 is 12.8 Å². The maximum absolute atomic E-state index is 12.5. The van der Waals surface area contributed by atoms with Crippen molar-refractivity contribution in [3.05, 3.63) is 45.2 Å². The molecule has 0 aliphatic carbocycles. The molecule has 5 nitrogen and oxygen atoms in total. The van der Waals surface area contributed by atoms with Crippen LogP contribution in [0.1, 0.15) is 5.76 Å². The third kappa shape index (κ3) is 3.25. The van der Waals surface area contributed by atoms with Gasteiger partial charge in [-0.3, -0.25) is 0 Å². The van der Waals surface area contributed by atoms with Crippen molar-refractivity contribution in [2.24, 2.45) is 0 Å². The van der Waals surface area contributed by atoms with Gasteiger partial charge in [-0.1, -0.05) is 15.9 Å². The summed E-state index contributed by atoms with van der Waals surface area (Å²) in [6.07, 6.45) is 0. The van der Waals surface area contributed by atoms with Crippen molar-refractivity contribution in [1.82, 2.24) is 4.31 Å². The van der Waals surface area contributed by atoms with Gasteiger partial charge in [-0.05, 0) is 46.3 Å². The molecule has 1 aromatic heterocycles. The van der Waals surface area contributed by atoms with Gasteiger partial charge in [0, 0.05) is 11.5 Å². The monoisotopic (exact) mass is 422 g/mol. The Morgan fingerprint density at radius 3 is 2.55 bits per heavy atom. The highest BCUT2D eigenvalue weighted by atomic mass is 79.9. The highest BCUT2D eigenvalue weighted by Gasteiger charge is 2.24. The van der Waals surface area contributed by atoms with E-state index in [1.165, 1.54) is 17.4 Å². The zero-order valence-corrected chi connectivity index (χ0v) is 14.5. The average molecular weight is 424 g/mol. The molecule has 1 aromatic carbocycles. The molecule has 0 amide bonds. The summed E-state index contributed by atoms with van der Waals surface area (Å²) in [6.45, 7) is 0.125. The van der Waals surface area contributed by atoms with E-state index in [1.54, 1.807) is 24.3 Å². The summed E-state index contributed by atoms with van der Waals surface area (Å²) >= 11 is 6.42. The molecule has 2 aromatic rings. The molecule has 0 atom stereocenters. The number of sulfonamides is 1. The second-order valence-corrected chi connectivity index (χ2v) is 7.86. The Hall–Kier alpha value is -0.830. The van der Waals surface area contributed by atoms with E-state index in [-0.39, 0.29) is 17.1 Å². The van der Waals surface area contributed by atoms with Crippen LogP contribution in [0.15, 0.2) is 48.8 Å². The molecule has 2 N–H and O–H groups in total. The van der Waals surface area contributed by atoms with Gasteiger partial charge in [0.2, 0.25) is 10.0 Å². The maximum Gasteiger partial charge on any atom is 0.245 e. The predicted molar refractivity (Wildman–Crippen MR) is 83.6 cm³/mol. The predicted octanol–water partition coefficient (Wildman–Crippen LogP) is 3.21. The van der Waals surface area contributed by atoms with Gasteiger partial charge in [0.25, 0.3) is 0 Å². The van der Waals surface area contributed by atoms with Gasteiger partial charge in [-0.2, -0.15) is 4.31 Å². The summed E-state index contributed by atoms with van der Waals surface area (Å²) in [5, 5.41) is 0. The van der Waals surface area contributed by atoms with E-state index in [2.05, 4.69) is 31.9 Å². The Bertz CT molecular complexity index is 728. The van der Waals surface area contributed by atoms with Crippen LogP contribution in [-0.4, -0.2) is 19.8 Å². The fourth-order valence-corrected chi connectivity index (χ4v) is 3.77. The van der Waals surface area contributed by atoms with Crippen molar-refractivity contribution in [2.75, 3.05) is 12.8 Å². The van der Waals surface area contributed by atoms with Gasteiger partial charge in [0.1, 0.15) is 10.7 Å². The Labute approximate surface area is 134 Å². The number of hydrogen-bond donors (Lipinski definition) is 1. The SMILES string of the molecule is CN(Cc1ccc(Br)o1)S(=O)(=O)c1cc(Br)ccc1N. The van der Waals surface area contributed by atoms with Crippen LogP contribution in [0.3, 0.4) is 0 Å². The maximum atomic E-state index is 12.5. The van der Waals surface area contributed by atoms with Crippen LogP contribution in [0, 0.1) is 0 Å². The topological polar surface area (TPSA) is 76.5 Å². The van der Waals surface area contributed by atoms with Crippen LogP contribution in [0.5, 0.6) is 0 Å². The van der Waals surface area contributed by atoms with Gasteiger partial charge in [-0.25, -0.2) is 8.42 Å². The number of anilines is 1. The number of nitrogens with zero attached hydrogens (tertiary/aromatic N) is 1. The third-order valence-corrected chi connectivity index (χ3v) is 5.45. The highest BCUT2D eigenvalue weighted by Crippen LogP contribution is 2.26. The minimum Gasteiger partial charge on any atom is -0.453 e. The van der Waals surface area contributed by atoms with Crippen LogP contribution >= 0.6 is 31.9 Å². The highest BCUT2D eigenvalue weighted by molar-refractivity contribution is 9.10. The number of rotatable bonds is 4. The van der Waals surface area contributed by atoms with E-state index < -0.39 is 10.0 Å². The molecule has 108 valence electrons. The average Bonchev–Trinajstić information content (AvgIpc) is 2.77. The van der Waals surface area contributed by atoms with Crippen LogP contribution in [-0.2, 0) is 16.6 Å². The Morgan fingerprint density at radius 1 is 1.25 bits per heavy atom. The molecule has 0 spiro atoms. The van der Waals surface area contributed by atoms with E-state index in [0.29, 0.717) is 14.9 Å². The lowest BCUT2D eigenvalue weighted by Crippen LogP contribution is -2.27. The summed E-state index contributed by atoms with van der Waals surface area (Å²) in [5.41, 5.74) is 5.96. The van der Waals surface area contributed by atoms with Crippen molar-refractivity contribution >= 4 is 47.6 Å². The second-order valence-electron chi connectivity index (χ2n) is 4.15. The first-order valence-electron chi connectivity index (χ1n) is 5.56. The zero-order chi connectivity index (χ0) is 14.9. The molecule has 0 radical (unpaired) electrons.